The van der Waals surface area contributed by atoms with Gasteiger partial charge in [0.15, 0.2) is 4.21 Å². The maximum Gasteiger partial charge on any atom is 0.251 e. The van der Waals surface area contributed by atoms with Gasteiger partial charge in [0.25, 0.3) is 10.0 Å². The molecule has 15 heavy (non-hydrogen) atoms. The van der Waals surface area contributed by atoms with E-state index in [0.29, 0.717) is 5.01 Å². The highest BCUT2D eigenvalue weighted by Crippen LogP contribution is 2.17. The van der Waals surface area contributed by atoms with Gasteiger partial charge in [-0.25, -0.2) is 18.1 Å². The molecule has 0 fully saturated rings. The van der Waals surface area contributed by atoms with Crippen LogP contribution in [0.25, 0.3) is 0 Å². The summed E-state index contributed by atoms with van der Waals surface area (Å²) in [7, 11) is -3.45. The van der Waals surface area contributed by atoms with Gasteiger partial charge < -0.3 is 5.11 Å². The molecule has 0 aliphatic heterocycles. The van der Waals surface area contributed by atoms with Gasteiger partial charge in [0.2, 0.25) is 0 Å². The summed E-state index contributed by atoms with van der Waals surface area (Å²) in [5.41, 5.74) is 0. The monoisotopic (exact) mass is 250 g/mol. The maximum atomic E-state index is 11.6. The van der Waals surface area contributed by atoms with Gasteiger partial charge >= 0.3 is 0 Å². The van der Waals surface area contributed by atoms with Crippen molar-refractivity contribution in [2.24, 2.45) is 5.92 Å². The van der Waals surface area contributed by atoms with Crippen LogP contribution in [0.4, 0.5) is 0 Å². The van der Waals surface area contributed by atoms with Gasteiger partial charge in [-0.2, -0.15) is 0 Å². The minimum atomic E-state index is -3.45. The van der Waals surface area contributed by atoms with Crippen LogP contribution in [-0.2, 0) is 10.0 Å². The second-order valence-corrected chi connectivity index (χ2v) is 6.57. The Bertz CT molecular complexity index is 413. The average Bonchev–Trinajstić information content (AvgIpc) is 2.62. The fourth-order valence-electron chi connectivity index (χ4n) is 0.854. The van der Waals surface area contributed by atoms with Crippen molar-refractivity contribution >= 4 is 21.4 Å². The van der Waals surface area contributed by atoms with E-state index in [9.17, 15) is 8.42 Å². The quantitative estimate of drug-likeness (QED) is 0.790. The van der Waals surface area contributed by atoms with E-state index in [1.165, 1.54) is 6.20 Å². The van der Waals surface area contributed by atoms with Crippen LogP contribution in [0.5, 0.6) is 0 Å². The fraction of sp³-hybridized carbons (Fsp3) is 0.625. The van der Waals surface area contributed by atoms with Gasteiger partial charge in [-0.1, -0.05) is 6.92 Å². The maximum absolute atomic E-state index is 11.6. The van der Waals surface area contributed by atoms with E-state index in [1.807, 2.05) is 0 Å². The van der Waals surface area contributed by atoms with Crippen LogP contribution in [0.1, 0.15) is 11.9 Å². The molecule has 1 heterocycles. The van der Waals surface area contributed by atoms with Crippen LogP contribution in [0.15, 0.2) is 10.4 Å². The molecule has 1 rings (SSSR count). The molecule has 7 heteroatoms. The molecule has 1 unspecified atom stereocenters. The first-order valence-corrected chi connectivity index (χ1v) is 6.78. The number of sulfonamides is 1. The molecule has 0 bridgehead atoms. The van der Waals surface area contributed by atoms with E-state index in [-0.39, 0.29) is 23.3 Å². The third kappa shape index (κ3) is 3.53. The van der Waals surface area contributed by atoms with Crippen molar-refractivity contribution in [1.82, 2.24) is 9.71 Å². The fourth-order valence-corrected chi connectivity index (χ4v) is 3.17. The van der Waals surface area contributed by atoms with Gasteiger partial charge in [-0.3, -0.25) is 0 Å². The minimum Gasteiger partial charge on any atom is -0.396 e. The first-order chi connectivity index (χ1) is 6.95. The molecule has 0 aromatic carbocycles. The second-order valence-electron chi connectivity index (χ2n) is 3.34. The highest BCUT2D eigenvalue weighted by molar-refractivity contribution is 7.91. The molecule has 0 amide bonds. The number of nitrogens with zero attached hydrogens (tertiary/aromatic N) is 1. The molecule has 5 nitrogen and oxygen atoms in total. The van der Waals surface area contributed by atoms with Gasteiger partial charge in [-0.05, 0) is 12.8 Å². The number of aliphatic hydroxyl groups excluding tert-OH is 1. The third-order valence-corrected chi connectivity index (χ3v) is 4.60. The lowest BCUT2D eigenvalue weighted by molar-refractivity contribution is 0.238. The van der Waals surface area contributed by atoms with Crippen LogP contribution in [0.2, 0.25) is 0 Å². The Kier molecular flexibility index (Phi) is 4.21. The first-order valence-electron chi connectivity index (χ1n) is 4.48. The molecule has 2 N–H and O–H groups in total. The molecule has 86 valence electrons. The van der Waals surface area contributed by atoms with Crippen molar-refractivity contribution in [3.63, 3.8) is 0 Å². The molecule has 0 aliphatic carbocycles. The number of thiazole rings is 1. The molecule has 0 saturated carbocycles. The number of aliphatic hydroxyl groups is 1. The van der Waals surface area contributed by atoms with Crippen molar-refractivity contribution in [3.05, 3.63) is 11.2 Å². The number of aromatic nitrogens is 1. The van der Waals surface area contributed by atoms with Crippen molar-refractivity contribution in [2.75, 3.05) is 13.2 Å². The van der Waals surface area contributed by atoms with Crippen LogP contribution >= 0.6 is 11.3 Å². The zero-order chi connectivity index (χ0) is 11.5. The summed E-state index contributed by atoms with van der Waals surface area (Å²) in [5.74, 6) is -0.0891. The van der Waals surface area contributed by atoms with Crippen molar-refractivity contribution in [3.8, 4) is 0 Å². The third-order valence-electron chi connectivity index (χ3n) is 1.80. The van der Waals surface area contributed by atoms with Gasteiger partial charge in [0, 0.05) is 13.2 Å². The number of nitrogens with one attached hydrogen (secondary N) is 1. The predicted molar refractivity (Wildman–Crippen MR) is 58.3 cm³/mol. The summed E-state index contributed by atoms with van der Waals surface area (Å²) in [6.45, 7) is 3.71. The van der Waals surface area contributed by atoms with Crippen molar-refractivity contribution in [1.29, 1.82) is 0 Å². The number of aryl methyl sites for hydroxylation is 1. The predicted octanol–water partition coefficient (Wildman–Crippen LogP) is 0.358. The topological polar surface area (TPSA) is 79.3 Å². The van der Waals surface area contributed by atoms with Crippen molar-refractivity contribution in [2.45, 2.75) is 18.1 Å². The molecule has 0 radical (unpaired) electrons. The Morgan fingerprint density at radius 3 is 2.80 bits per heavy atom. The molecule has 1 atom stereocenters. The summed E-state index contributed by atoms with van der Waals surface area (Å²) in [5, 5.41) is 9.48. The van der Waals surface area contributed by atoms with Crippen LogP contribution < -0.4 is 4.72 Å². The number of rotatable bonds is 5. The van der Waals surface area contributed by atoms with Gasteiger partial charge in [0.05, 0.1) is 11.2 Å². The Morgan fingerprint density at radius 2 is 2.33 bits per heavy atom. The summed E-state index contributed by atoms with van der Waals surface area (Å²) >= 11 is 1.13. The van der Waals surface area contributed by atoms with E-state index >= 15 is 0 Å². The van der Waals surface area contributed by atoms with E-state index in [4.69, 9.17) is 5.11 Å². The molecule has 0 aliphatic rings. The zero-order valence-corrected chi connectivity index (χ0v) is 10.2. The number of hydrogen-bond donors (Lipinski definition) is 2. The smallest absolute Gasteiger partial charge is 0.251 e. The summed E-state index contributed by atoms with van der Waals surface area (Å²) < 4.78 is 25.9. The Morgan fingerprint density at radius 1 is 1.67 bits per heavy atom. The Balaban J connectivity index is 2.68. The number of hydrogen-bond acceptors (Lipinski definition) is 5. The summed E-state index contributed by atoms with van der Waals surface area (Å²) in [6, 6.07) is 0. The SMILES string of the molecule is Cc1ncc(S(=O)(=O)NCC(C)CO)s1. The second kappa shape index (κ2) is 5.02. The Hall–Kier alpha value is -0.500. The van der Waals surface area contributed by atoms with Gasteiger partial charge in [0.1, 0.15) is 0 Å². The van der Waals surface area contributed by atoms with E-state index in [1.54, 1.807) is 13.8 Å². The lowest BCUT2D eigenvalue weighted by atomic mass is 10.2. The highest BCUT2D eigenvalue weighted by Gasteiger charge is 2.17. The van der Waals surface area contributed by atoms with Gasteiger partial charge in [-0.15, -0.1) is 11.3 Å². The van der Waals surface area contributed by atoms with Crippen LogP contribution in [0, 0.1) is 12.8 Å². The normalized spacial score (nSPS) is 14.1. The van der Waals surface area contributed by atoms with E-state index in [0.717, 1.165) is 11.3 Å². The zero-order valence-electron chi connectivity index (χ0n) is 8.60. The minimum absolute atomic E-state index is 0.0375. The lowest BCUT2D eigenvalue weighted by Crippen LogP contribution is -2.29. The molecule has 1 aromatic rings. The van der Waals surface area contributed by atoms with Crippen LogP contribution in [-0.4, -0.2) is 31.7 Å². The standard InChI is InChI=1S/C8H14N2O3S2/c1-6(5-11)3-10-15(12,13)8-4-9-7(2)14-8/h4,6,10-11H,3,5H2,1-2H3. The molecular weight excluding hydrogens is 236 g/mol. The summed E-state index contributed by atoms with van der Waals surface area (Å²) in [6.07, 6.45) is 1.34. The Labute approximate surface area is 93.2 Å². The first kappa shape index (κ1) is 12.6. The van der Waals surface area contributed by atoms with E-state index < -0.39 is 10.0 Å². The molecule has 1 aromatic heterocycles. The molecule has 0 saturated heterocycles. The molecular formula is C8H14N2O3S2. The van der Waals surface area contributed by atoms with Crippen LogP contribution in [0.3, 0.4) is 0 Å². The van der Waals surface area contributed by atoms with E-state index in [2.05, 4.69) is 9.71 Å². The highest BCUT2D eigenvalue weighted by atomic mass is 32.2. The largest absolute Gasteiger partial charge is 0.396 e. The van der Waals surface area contributed by atoms with Crippen molar-refractivity contribution < 1.29 is 13.5 Å². The molecule has 0 spiro atoms. The summed E-state index contributed by atoms with van der Waals surface area (Å²) in [4.78, 5) is 3.88. The average molecular weight is 250 g/mol. The lowest BCUT2D eigenvalue weighted by Gasteiger charge is -2.08.